The summed E-state index contributed by atoms with van der Waals surface area (Å²) in [7, 11) is 0. The number of nitrogens with zero attached hydrogens (tertiary/aromatic N) is 1. The van der Waals surface area contributed by atoms with E-state index in [1.54, 1.807) is 6.07 Å². The number of benzene rings is 1. The van der Waals surface area contributed by atoms with Crippen molar-refractivity contribution in [2.24, 2.45) is 0 Å². The molecule has 0 amide bonds. The van der Waals surface area contributed by atoms with Crippen LogP contribution in [0.5, 0.6) is 0 Å². The van der Waals surface area contributed by atoms with Gasteiger partial charge < -0.3 is 10.2 Å². The van der Waals surface area contributed by atoms with Gasteiger partial charge in [-0.2, -0.15) is 0 Å². The molecule has 1 fully saturated rings. The van der Waals surface area contributed by atoms with Crippen LogP contribution in [0.3, 0.4) is 0 Å². The first-order chi connectivity index (χ1) is 9.08. The third kappa shape index (κ3) is 2.04. The molecule has 0 saturated carbocycles. The minimum Gasteiger partial charge on any atom is -0.340 e. The van der Waals surface area contributed by atoms with Gasteiger partial charge in [0.05, 0.1) is 5.69 Å². The van der Waals surface area contributed by atoms with E-state index in [0.29, 0.717) is 18.2 Å². The zero-order valence-electron chi connectivity index (χ0n) is 11.0. The van der Waals surface area contributed by atoms with Crippen LogP contribution in [0, 0.1) is 11.6 Å². The lowest BCUT2D eigenvalue weighted by atomic mass is 9.98. The Morgan fingerprint density at radius 2 is 2.16 bits per heavy atom. The van der Waals surface area contributed by atoms with Crippen molar-refractivity contribution in [3.05, 3.63) is 41.6 Å². The molecule has 2 aliphatic rings. The highest BCUT2D eigenvalue weighted by Crippen LogP contribution is 2.40. The smallest absolute Gasteiger partial charge is 0.182 e. The summed E-state index contributed by atoms with van der Waals surface area (Å²) in [6, 6.07) is 3.48. The van der Waals surface area contributed by atoms with Gasteiger partial charge in [-0.3, -0.25) is 0 Å². The minimum atomic E-state index is -0.777. The average molecular weight is 264 g/mol. The molecule has 102 valence electrons. The number of anilines is 1. The number of nitrogens with one attached hydrogen (secondary N) is 1. The molecular weight excluding hydrogens is 246 g/mol. The molecule has 1 N–H and O–H groups in total. The van der Waals surface area contributed by atoms with Crippen molar-refractivity contribution in [3.8, 4) is 0 Å². The number of hydrogen-bond donors (Lipinski definition) is 1. The first kappa shape index (κ1) is 12.6. The summed E-state index contributed by atoms with van der Waals surface area (Å²) in [4.78, 5) is 1.92. The predicted molar refractivity (Wildman–Crippen MR) is 72.2 cm³/mol. The summed E-state index contributed by atoms with van der Waals surface area (Å²) >= 11 is 0. The lowest BCUT2D eigenvalue weighted by molar-refractivity contribution is 0.372. The van der Waals surface area contributed by atoms with E-state index < -0.39 is 11.6 Å². The van der Waals surface area contributed by atoms with E-state index in [1.165, 1.54) is 6.07 Å². The van der Waals surface area contributed by atoms with Crippen molar-refractivity contribution >= 4 is 5.69 Å². The summed E-state index contributed by atoms with van der Waals surface area (Å²) in [5.41, 5.74) is 2.12. The molecule has 19 heavy (non-hydrogen) atoms. The molecule has 1 aromatic carbocycles. The molecule has 0 aliphatic carbocycles. The molecule has 2 unspecified atom stereocenters. The fourth-order valence-corrected chi connectivity index (χ4v) is 3.23. The van der Waals surface area contributed by atoms with E-state index in [2.05, 4.69) is 18.8 Å². The molecule has 0 spiro atoms. The second kappa shape index (κ2) is 4.60. The average Bonchev–Trinajstić information content (AvgIpc) is 2.71. The summed E-state index contributed by atoms with van der Waals surface area (Å²) in [5.74, 6) is -1.51. The second-order valence-electron chi connectivity index (χ2n) is 5.52. The summed E-state index contributed by atoms with van der Waals surface area (Å²) in [5, 5.41) is 3.38. The maximum absolute atomic E-state index is 14.1. The standard InChI is InChI=1S/C15H18F2N2/c1-9-7-12(5-6-18-9)19-10(2)8-11-3-4-13(16)14(17)15(11)19/h3-4,9,12,18H,2,5-8H2,1H3. The van der Waals surface area contributed by atoms with Crippen molar-refractivity contribution in [2.45, 2.75) is 38.3 Å². The van der Waals surface area contributed by atoms with Crippen LogP contribution in [0.1, 0.15) is 25.3 Å². The topological polar surface area (TPSA) is 15.3 Å². The van der Waals surface area contributed by atoms with Crippen molar-refractivity contribution in [1.29, 1.82) is 0 Å². The fourth-order valence-electron chi connectivity index (χ4n) is 3.23. The molecular formula is C15H18F2N2. The van der Waals surface area contributed by atoms with Gasteiger partial charge in [0.2, 0.25) is 0 Å². The van der Waals surface area contributed by atoms with Gasteiger partial charge in [-0.15, -0.1) is 0 Å². The van der Waals surface area contributed by atoms with Crippen molar-refractivity contribution < 1.29 is 8.78 Å². The fraction of sp³-hybridized carbons (Fsp3) is 0.467. The molecule has 1 saturated heterocycles. The highest BCUT2D eigenvalue weighted by Gasteiger charge is 2.34. The molecule has 3 rings (SSSR count). The Bertz CT molecular complexity index is 527. The minimum absolute atomic E-state index is 0.210. The Morgan fingerprint density at radius 3 is 2.89 bits per heavy atom. The summed E-state index contributed by atoms with van der Waals surface area (Å²) in [6.07, 6.45) is 2.47. The number of halogens is 2. The highest BCUT2D eigenvalue weighted by molar-refractivity contribution is 5.66. The van der Waals surface area contributed by atoms with E-state index in [1.807, 2.05) is 4.90 Å². The van der Waals surface area contributed by atoms with Gasteiger partial charge in [0.25, 0.3) is 0 Å². The van der Waals surface area contributed by atoms with Crippen LogP contribution in [-0.4, -0.2) is 18.6 Å². The van der Waals surface area contributed by atoms with E-state index >= 15 is 0 Å². The van der Waals surface area contributed by atoms with Crippen molar-refractivity contribution in [2.75, 3.05) is 11.4 Å². The lowest BCUT2D eigenvalue weighted by Crippen LogP contribution is -2.46. The zero-order valence-corrected chi connectivity index (χ0v) is 11.0. The Labute approximate surface area is 112 Å². The van der Waals surface area contributed by atoms with Crippen LogP contribution in [0.15, 0.2) is 24.4 Å². The van der Waals surface area contributed by atoms with Crippen LogP contribution in [-0.2, 0) is 6.42 Å². The van der Waals surface area contributed by atoms with Crippen molar-refractivity contribution in [3.63, 3.8) is 0 Å². The molecule has 2 atom stereocenters. The van der Waals surface area contributed by atoms with Crippen LogP contribution < -0.4 is 10.2 Å². The molecule has 4 heteroatoms. The Morgan fingerprint density at radius 1 is 1.37 bits per heavy atom. The largest absolute Gasteiger partial charge is 0.340 e. The molecule has 2 aliphatic heterocycles. The van der Waals surface area contributed by atoms with Crippen molar-refractivity contribution in [1.82, 2.24) is 5.32 Å². The predicted octanol–water partition coefficient (Wildman–Crippen LogP) is 2.98. The monoisotopic (exact) mass is 264 g/mol. The first-order valence-corrected chi connectivity index (χ1v) is 6.75. The Kier molecular flexibility index (Phi) is 3.05. The van der Waals surface area contributed by atoms with E-state index in [9.17, 15) is 8.78 Å². The maximum atomic E-state index is 14.1. The third-order valence-corrected chi connectivity index (χ3v) is 4.09. The summed E-state index contributed by atoms with van der Waals surface area (Å²) < 4.78 is 27.6. The van der Waals surface area contributed by atoms with Gasteiger partial charge in [0, 0.05) is 24.2 Å². The van der Waals surface area contributed by atoms with E-state index in [4.69, 9.17) is 0 Å². The molecule has 2 heterocycles. The molecule has 1 aromatic rings. The number of rotatable bonds is 1. The van der Waals surface area contributed by atoms with E-state index in [-0.39, 0.29) is 6.04 Å². The van der Waals surface area contributed by atoms with Crippen LogP contribution in [0.4, 0.5) is 14.5 Å². The molecule has 0 radical (unpaired) electrons. The number of allylic oxidation sites excluding steroid dienone is 1. The van der Waals surface area contributed by atoms with Gasteiger partial charge in [-0.1, -0.05) is 12.6 Å². The molecule has 0 aromatic heterocycles. The Hall–Kier alpha value is -1.42. The Balaban J connectivity index is 2.00. The number of piperidine rings is 1. The summed E-state index contributed by atoms with van der Waals surface area (Å²) in [6.45, 7) is 7.06. The number of fused-ring (bicyclic) bond motifs is 1. The molecule has 2 nitrogen and oxygen atoms in total. The zero-order chi connectivity index (χ0) is 13.6. The highest BCUT2D eigenvalue weighted by atomic mass is 19.2. The van der Waals surface area contributed by atoms with Gasteiger partial charge >= 0.3 is 0 Å². The lowest BCUT2D eigenvalue weighted by Gasteiger charge is -2.37. The van der Waals surface area contributed by atoms with Crippen LogP contribution in [0.25, 0.3) is 0 Å². The van der Waals surface area contributed by atoms with Gasteiger partial charge in [0.15, 0.2) is 11.6 Å². The first-order valence-electron chi connectivity index (χ1n) is 6.75. The van der Waals surface area contributed by atoms with Gasteiger partial charge in [-0.05, 0) is 37.9 Å². The second-order valence-corrected chi connectivity index (χ2v) is 5.52. The maximum Gasteiger partial charge on any atom is 0.182 e. The molecule has 0 bridgehead atoms. The van der Waals surface area contributed by atoms with Gasteiger partial charge in [0.1, 0.15) is 0 Å². The SMILES string of the molecule is C=C1Cc2ccc(F)c(F)c2N1C1CCNC(C)C1. The number of hydrogen-bond acceptors (Lipinski definition) is 2. The van der Waals surface area contributed by atoms with Crippen LogP contribution in [0.2, 0.25) is 0 Å². The van der Waals surface area contributed by atoms with E-state index in [0.717, 1.165) is 30.6 Å². The van der Waals surface area contributed by atoms with Gasteiger partial charge in [-0.25, -0.2) is 8.78 Å². The normalized spacial score (nSPS) is 26.7. The third-order valence-electron chi connectivity index (χ3n) is 4.09. The quantitative estimate of drug-likeness (QED) is 0.839. The van der Waals surface area contributed by atoms with Crippen LogP contribution >= 0.6 is 0 Å².